The largest absolute Gasteiger partial charge is 0.306 e. The van der Waals surface area contributed by atoms with Gasteiger partial charge in [0.2, 0.25) is 0 Å². The molecule has 1 aliphatic heterocycles. The summed E-state index contributed by atoms with van der Waals surface area (Å²) in [6, 6.07) is 8.51. The first-order chi connectivity index (χ1) is 15.4. The summed E-state index contributed by atoms with van der Waals surface area (Å²) >= 11 is 0. The molecule has 0 amide bonds. The van der Waals surface area contributed by atoms with Crippen molar-refractivity contribution in [1.82, 2.24) is 9.80 Å². The Morgan fingerprint density at radius 2 is 1.75 bits per heavy atom. The maximum absolute atomic E-state index is 2.71. The summed E-state index contributed by atoms with van der Waals surface area (Å²) in [4.78, 5) is 5.01. The Bertz CT molecular complexity index is 845. The zero-order chi connectivity index (χ0) is 22.0. The topological polar surface area (TPSA) is 6.48 Å². The van der Waals surface area contributed by atoms with Crippen molar-refractivity contribution in [3.8, 4) is 0 Å². The third-order valence-electron chi connectivity index (χ3n) is 11.5. The molecule has 1 heterocycles. The maximum atomic E-state index is 2.71. The summed E-state index contributed by atoms with van der Waals surface area (Å²) in [7, 11) is 6.90. The van der Waals surface area contributed by atoms with Crippen molar-refractivity contribution in [2.24, 2.45) is 35.0 Å². The van der Waals surface area contributed by atoms with Gasteiger partial charge >= 0.3 is 0 Å². The van der Waals surface area contributed by atoms with Gasteiger partial charge in [-0.2, -0.15) is 0 Å². The van der Waals surface area contributed by atoms with Crippen LogP contribution in [0.3, 0.4) is 0 Å². The van der Waals surface area contributed by atoms with Crippen molar-refractivity contribution < 1.29 is 0 Å². The Labute approximate surface area is 197 Å². The Kier molecular flexibility index (Phi) is 5.50. The summed E-state index contributed by atoms with van der Waals surface area (Å²) in [5.74, 6) is 5.93. The Morgan fingerprint density at radius 3 is 2.59 bits per heavy atom. The lowest BCUT2D eigenvalue weighted by atomic mass is 9.49. The van der Waals surface area contributed by atoms with E-state index in [0.29, 0.717) is 5.41 Å². The Hall–Kier alpha value is -0.860. The van der Waals surface area contributed by atoms with Crippen LogP contribution in [0.15, 0.2) is 18.2 Å². The molecule has 4 fully saturated rings. The van der Waals surface area contributed by atoms with Gasteiger partial charge in [-0.05, 0) is 143 Å². The summed E-state index contributed by atoms with van der Waals surface area (Å²) in [6.07, 6.45) is 14.7. The predicted octanol–water partition coefficient (Wildman–Crippen LogP) is 6.34. The number of likely N-dealkylation sites (N-methyl/N-ethyl adjacent to an activating group) is 1. The fourth-order valence-corrected chi connectivity index (χ4v) is 9.78. The van der Waals surface area contributed by atoms with E-state index in [1.165, 1.54) is 70.8 Å². The van der Waals surface area contributed by atoms with E-state index >= 15 is 0 Å². The van der Waals surface area contributed by atoms with Crippen LogP contribution in [0, 0.1) is 35.0 Å². The van der Waals surface area contributed by atoms with E-state index in [-0.39, 0.29) is 0 Å². The van der Waals surface area contributed by atoms with Crippen LogP contribution < -0.4 is 0 Å². The standard InChI is InChI=1S/C30H46N2/c1-30-15-13-26-25-10-8-24(31(2)3)18-21(25)7-9-27(26)29(30)12-11-28(30)22-6-5-20-14-16-32(4)19-23(20)17-22/h5-6,17,21,24-29H,7-16,18-19H2,1-4H3/t21?,24?,25?,26-,27?,28-,29+,30?/m1/s1. The molecular weight excluding hydrogens is 388 g/mol. The number of benzene rings is 1. The molecule has 0 spiro atoms. The van der Waals surface area contributed by atoms with Crippen molar-refractivity contribution in [3.05, 3.63) is 34.9 Å². The van der Waals surface area contributed by atoms with Gasteiger partial charge in [0.15, 0.2) is 0 Å². The highest BCUT2D eigenvalue weighted by molar-refractivity contribution is 5.37. The van der Waals surface area contributed by atoms with Gasteiger partial charge in [0.05, 0.1) is 0 Å². The molecule has 176 valence electrons. The first-order valence-electron chi connectivity index (χ1n) is 13.9. The number of hydrogen-bond donors (Lipinski definition) is 0. The summed E-state index contributed by atoms with van der Waals surface area (Å²) in [6.45, 7) is 5.08. The first kappa shape index (κ1) is 21.7. The van der Waals surface area contributed by atoms with Crippen LogP contribution in [0.1, 0.15) is 87.3 Å². The second kappa shape index (κ2) is 8.12. The maximum Gasteiger partial charge on any atom is 0.0233 e. The van der Waals surface area contributed by atoms with Gasteiger partial charge in [-0.1, -0.05) is 25.1 Å². The minimum absolute atomic E-state index is 0.545. The molecule has 4 saturated carbocycles. The monoisotopic (exact) mass is 434 g/mol. The van der Waals surface area contributed by atoms with E-state index in [1.807, 2.05) is 0 Å². The van der Waals surface area contributed by atoms with Gasteiger partial charge in [0, 0.05) is 19.1 Å². The van der Waals surface area contributed by atoms with Crippen molar-refractivity contribution in [2.45, 2.75) is 89.6 Å². The van der Waals surface area contributed by atoms with Gasteiger partial charge in [-0.15, -0.1) is 0 Å². The summed E-state index contributed by atoms with van der Waals surface area (Å²) < 4.78 is 0. The van der Waals surface area contributed by atoms with Crippen LogP contribution in [-0.2, 0) is 13.0 Å². The van der Waals surface area contributed by atoms with Crippen LogP contribution in [-0.4, -0.2) is 43.5 Å². The molecule has 0 aromatic heterocycles. The average Bonchev–Trinajstić information content (AvgIpc) is 3.15. The SMILES string of the molecule is CN1CCc2ccc([C@H]3CC[C@H]4C5CCC6CC(N(C)C)CCC6[C@H]5CCC34C)cc2C1. The zero-order valence-electron chi connectivity index (χ0n) is 21.2. The van der Waals surface area contributed by atoms with Crippen molar-refractivity contribution in [2.75, 3.05) is 27.7 Å². The molecular formula is C30H46N2. The van der Waals surface area contributed by atoms with E-state index in [1.54, 1.807) is 16.7 Å². The molecule has 5 unspecified atom stereocenters. The Balaban J connectivity index is 1.22. The van der Waals surface area contributed by atoms with Gasteiger partial charge < -0.3 is 9.80 Å². The van der Waals surface area contributed by atoms with Crippen LogP contribution in [0.4, 0.5) is 0 Å². The molecule has 32 heavy (non-hydrogen) atoms. The van der Waals surface area contributed by atoms with E-state index in [2.05, 4.69) is 56.1 Å². The third-order valence-corrected chi connectivity index (χ3v) is 11.5. The highest BCUT2D eigenvalue weighted by atomic mass is 15.1. The quantitative estimate of drug-likeness (QED) is 0.536. The van der Waals surface area contributed by atoms with Crippen molar-refractivity contribution >= 4 is 0 Å². The lowest BCUT2D eigenvalue weighted by Gasteiger charge is -2.56. The van der Waals surface area contributed by atoms with Crippen molar-refractivity contribution in [3.63, 3.8) is 0 Å². The number of rotatable bonds is 2. The highest BCUT2D eigenvalue weighted by Gasteiger charge is 2.57. The summed E-state index contributed by atoms with van der Waals surface area (Å²) in [5, 5.41) is 0. The Morgan fingerprint density at radius 1 is 0.906 bits per heavy atom. The second-order valence-electron chi connectivity index (χ2n) is 13.1. The fourth-order valence-electron chi connectivity index (χ4n) is 9.78. The lowest BCUT2D eigenvalue weighted by molar-refractivity contribution is -0.0624. The zero-order valence-corrected chi connectivity index (χ0v) is 21.2. The van der Waals surface area contributed by atoms with E-state index in [0.717, 1.165) is 48.1 Å². The molecule has 6 rings (SSSR count). The molecule has 8 atom stereocenters. The first-order valence-corrected chi connectivity index (χ1v) is 13.9. The molecule has 0 bridgehead atoms. The summed E-state index contributed by atoms with van der Waals surface area (Å²) in [5.41, 5.74) is 5.46. The molecule has 0 N–H and O–H groups in total. The van der Waals surface area contributed by atoms with Crippen LogP contribution in [0.25, 0.3) is 0 Å². The molecule has 2 nitrogen and oxygen atoms in total. The van der Waals surface area contributed by atoms with Crippen LogP contribution in [0.2, 0.25) is 0 Å². The molecule has 2 heteroatoms. The molecule has 0 radical (unpaired) electrons. The molecule has 1 aromatic rings. The molecule has 1 aromatic carbocycles. The van der Waals surface area contributed by atoms with E-state index in [4.69, 9.17) is 0 Å². The lowest BCUT2D eigenvalue weighted by Crippen LogP contribution is -2.49. The minimum atomic E-state index is 0.545. The predicted molar refractivity (Wildman–Crippen MR) is 134 cm³/mol. The molecule has 5 aliphatic rings. The fraction of sp³-hybridized carbons (Fsp3) is 0.800. The van der Waals surface area contributed by atoms with E-state index in [9.17, 15) is 0 Å². The third kappa shape index (κ3) is 3.42. The number of hydrogen-bond acceptors (Lipinski definition) is 2. The highest BCUT2D eigenvalue weighted by Crippen LogP contribution is 2.66. The minimum Gasteiger partial charge on any atom is -0.306 e. The molecule has 0 saturated heterocycles. The average molecular weight is 435 g/mol. The van der Waals surface area contributed by atoms with Crippen LogP contribution in [0.5, 0.6) is 0 Å². The normalized spacial score (nSPS) is 44.0. The van der Waals surface area contributed by atoms with Crippen molar-refractivity contribution in [1.29, 1.82) is 0 Å². The van der Waals surface area contributed by atoms with Gasteiger partial charge in [-0.3, -0.25) is 0 Å². The van der Waals surface area contributed by atoms with Gasteiger partial charge in [-0.25, -0.2) is 0 Å². The second-order valence-corrected chi connectivity index (χ2v) is 13.1. The molecule has 4 aliphatic carbocycles. The van der Waals surface area contributed by atoms with Gasteiger partial charge in [0.25, 0.3) is 0 Å². The van der Waals surface area contributed by atoms with Gasteiger partial charge in [0.1, 0.15) is 0 Å². The smallest absolute Gasteiger partial charge is 0.0233 e. The van der Waals surface area contributed by atoms with E-state index < -0.39 is 0 Å². The van der Waals surface area contributed by atoms with Crippen LogP contribution >= 0.6 is 0 Å². The number of fused-ring (bicyclic) bond motifs is 6. The number of nitrogens with zero attached hydrogens (tertiary/aromatic N) is 2.